The number of morpholine rings is 1. The fourth-order valence-corrected chi connectivity index (χ4v) is 3.80. The molecule has 1 aliphatic carbocycles. The van der Waals surface area contributed by atoms with E-state index in [1.807, 2.05) is 24.3 Å². The number of aromatic nitrogens is 2. The van der Waals surface area contributed by atoms with Gasteiger partial charge in [0.2, 0.25) is 0 Å². The van der Waals surface area contributed by atoms with Gasteiger partial charge in [-0.15, -0.1) is 0 Å². The molecule has 0 radical (unpaired) electrons. The molecule has 1 aromatic heterocycles. The first-order chi connectivity index (χ1) is 11.7. The zero-order valence-corrected chi connectivity index (χ0v) is 13.4. The Bertz CT molecular complexity index is 725. The van der Waals surface area contributed by atoms with Gasteiger partial charge in [0.05, 0.1) is 30.9 Å². The molecule has 1 amide bonds. The molecule has 3 atom stereocenters. The summed E-state index contributed by atoms with van der Waals surface area (Å²) in [6.07, 6.45) is 1.10. The van der Waals surface area contributed by atoms with Crippen LogP contribution in [0.1, 0.15) is 23.3 Å². The molecule has 0 unspecified atom stereocenters. The third-order valence-electron chi connectivity index (χ3n) is 5.10. The van der Waals surface area contributed by atoms with Crippen molar-refractivity contribution in [3.8, 4) is 0 Å². The predicted octanol–water partition coefficient (Wildman–Crippen LogP) is 0.517. The molecule has 0 spiro atoms. The lowest BCUT2D eigenvalue weighted by molar-refractivity contribution is -0.0154. The van der Waals surface area contributed by atoms with E-state index >= 15 is 0 Å². The lowest BCUT2D eigenvalue weighted by Gasteiger charge is -2.34. The van der Waals surface area contributed by atoms with Gasteiger partial charge in [-0.1, -0.05) is 18.2 Å². The normalized spacial score (nSPS) is 28.3. The number of ether oxygens (including phenoxy) is 1. The summed E-state index contributed by atoms with van der Waals surface area (Å²) in [6.45, 7) is 3.10. The van der Waals surface area contributed by atoms with E-state index in [0.29, 0.717) is 18.9 Å². The van der Waals surface area contributed by atoms with Crippen molar-refractivity contribution in [3.05, 3.63) is 30.0 Å². The van der Waals surface area contributed by atoms with Crippen LogP contribution in [0.25, 0.3) is 10.9 Å². The Balaban J connectivity index is 1.44. The number of aromatic amines is 1. The molecule has 2 heterocycles. The Kier molecular flexibility index (Phi) is 4.22. The van der Waals surface area contributed by atoms with Crippen molar-refractivity contribution < 1.29 is 14.6 Å². The van der Waals surface area contributed by atoms with Gasteiger partial charge >= 0.3 is 0 Å². The minimum Gasteiger partial charge on any atom is -0.389 e. The highest BCUT2D eigenvalue weighted by Gasteiger charge is 2.39. The molecular weight excluding hydrogens is 308 g/mol. The van der Waals surface area contributed by atoms with Gasteiger partial charge in [0.25, 0.3) is 5.91 Å². The van der Waals surface area contributed by atoms with Crippen LogP contribution in [-0.4, -0.2) is 70.6 Å². The number of nitrogens with one attached hydrogen (secondary N) is 2. The number of carbonyl (C=O) groups is 1. The van der Waals surface area contributed by atoms with E-state index in [9.17, 15) is 9.90 Å². The summed E-state index contributed by atoms with van der Waals surface area (Å²) in [4.78, 5) is 14.8. The fourth-order valence-electron chi connectivity index (χ4n) is 3.80. The van der Waals surface area contributed by atoms with E-state index in [1.165, 1.54) is 0 Å². The number of para-hydroxylation sites is 1. The molecule has 2 aliphatic rings. The largest absolute Gasteiger partial charge is 0.389 e. The maximum absolute atomic E-state index is 12.6. The van der Waals surface area contributed by atoms with Crippen molar-refractivity contribution in [3.63, 3.8) is 0 Å². The van der Waals surface area contributed by atoms with E-state index in [-0.39, 0.29) is 18.0 Å². The molecule has 24 heavy (non-hydrogen) atoms. The number of nitrogens with zero attached hydrogens (tertiary/aromatic N) is 2. The second-order valence-corrected chi connectivity index (χ2v) is 6.48. The molecule has 1 aliphatic heterocycles. The molecular formula is C17H22N4O3. The van der Waals surface area contributed by atoms with Crippen molar-refractivity contribution in [1.82, 2.24) is 20.4 Å². The molecule has 4 rings (SSSR count). The zero-order chi connectivity index (χ0) is 16.5. The second kappa shape index (κ2) is 6.51. The number of benzene rings is 1. The van der Waals surface area contributed by atoms with E-state index in [4.69, 9.17) is 4.74 Å². The first kappa shape index (κ1) is 15.6. The second-order valence-electron chi connectivity index (χ2n) is 6.48. The molecule has 3 N–H and O–H groups in total. The number of carbonyl (C=O) groups excluding carboxylic acids is 1. The number of hydrogen-bond acceptors (Lipinski definition) is 5. The summed E-state index contributed by atoms with van der Waals surface area (Å²) in [5.74, 6) is -0.237. The minimum atomic E-state index is -0.558. The van der Waals surface area contributed by atoms with Crippen molar-refractivity contribution >= 4 is 16.8 Å². The lowest BCUT2D eigenvalue weighted by atomic mass is 10.1. The van der Waals surface area contributed by atoms with Gasteiger partial charge in [0.1, 0.15) is 0 Å². The highest BCUT2D eigenvalue weighted by Crippen LogP contribution is 2.26. The minimum absolute atomic E-state index is 0.0927. The van der Waals surface area contributed by atoms with Gasteiger partial charge < -0.3 is 15.2 Å². The monoisotopic (exact) mass is 330 g/mol. The van der Waals surface area contributed by atoms with Gasteiger partial charge in [0, 0.05) is 24.5 Å². The zero-order valence-electron chi connectivity index (χ0n) is 13.4. The third kappa shape index (κ3) is 2.79. The maximum atomic E-state index is 12.6. The summed E-state index contributed by atoms with van der Waals surface area (Å²) in [5, 5.41) is 21.4. The summed E-state index contributed by atoms with van der Waals surface area (Å²) in [6, 6.07) is 7.40. The Morgan fingerprint density at radius 1 is 1.29 bits per heavy atom. The molecule has 128 valence electrons. The van der Waals surface area contributed by atoms with Crippen LogP contribution in [0.2, 0.25) is 0 Å². The molecule has 2 aromatic rings. The first-order valence-electron chi connectivity index (χ1n) is 8.48. The van der Waals surface area contributed by atoms with Crippen LogP contribution in [0.4, 0.5) is 0 Å². The number of hydrogen-bond donors (Lipinski definition) is 3. The Labute approximate surface area is 140 Å². The lowest BCUT2D eigenvalue weighted by Crippen LogP contribution is -2.51. The third-order valence-corrected chi connectivity index (χ3v) is 5.10. The van der Waals surface area contributed by atoms with Crippen LogP contribution >= 0.6 is 0 Å². The number of amides is 1. The molecule has 0 bridgehead atoms. The van der Waals surface area contributed by atoms with Crippen LogP contribution in [0.3, 0.4) is 0 Å². The number of fused-ring (bicyclic) bond motifs is 1. The average molecular weight is 330 g/mol. The van der Waals surface area contributed by atoms with Gasteiger partial charge in [-0.3, -0.25) is 14.8 Å². The van der Waals surface area contributed by atoms with Crippen molar-refractivity contribution in [2.24, 2.45) is 0 Å². The number of aliphatic hydroxyl groups is 1. The highest BCUT2D eigenvalue weighted by molar-refractivity contribution is 6.04. The number of H-pyrrole nitrogens is 1. The summed E-state index contributed by atoms with van der Waals surface area (Å²) in [7, 11) is 0. The van der Waals surface area contributed by atoms with Crippen LogP contribution in [0, 0.1) is 0 Å². The molecule has 1 aromatic carbocycles. The van der Waals surface area contributed by atoms with Crippen LogP contribution < -0.4 is 5.32 Å². The van der Waals surface area contributed by atoms with Gasteiger partial charge in [-0.2, -0.15) is 5.10 Å². The number of aliphatic hydroxyl groups excluding tert-OH is 1. The average Bonchev–Trinajstić information content (AvgIpc) is 3.20. The van der Waals surface area contributed by atoms with E-state index in [0.717, 1.165) is 36.8 Å². The van der Waals surface area contributed by atoms with Crippen LogP contribution in [0.5, 0.6) is 0 Å². The summed E-state index contributed by atoms with van der Waals surface area (Å²) >= 11 is 0. The van der Waals surface area contributed by atoms with E-state index in [1.54, 1.807) is 0 Å². The smallest absolute Gasteiger partial charge is 0.272 e. The first-order valence-corrected chi connectivity index (χ1v) is 8.48. The highest BCUT2D eigenvalue weighted by atomic mass is 16.5. The quantitative estimate of drug-likeness (QED) is 0.763. The molecule has 7 heteroatoms. The number of rotatable bonds is 3. The van der Waals surface area contributed by atoms with E-state index in [2.05, 4.69) is 20.4 Å². The topological polar surface area (TPSA) is 90.5 Å². The standard InChI is InChI=1S/C17H22N4O3/c22-16-13(5-6-14(16)21-7-9-24-10-8-21)18-17(23)15-11-3-1-2-4-12(11)19-20-15/h1-4,13-14,16,22H,5-10H2,(H,18,23)(H,19,20)/t13-,14-,16-/m1/s1. The van der Waals surface area contributed by atoms with Gasteiger partial charge in [-0.05, 0) is 18.9 Å². The molecule has 1 saturated heterocycles. The van der Waals surface area contributed by atoms with Gasteiger partial charge in [0.15, 0.2) is 5.69 Å². The van der Waals surface area contributed by atoms with Crippen molar-refractivity contribution in [2.75, 3.05) is 26.3 Å². The Hall–Kier alpha value is -1.96. The van der Waals surface area contributed by atoms with Crippen molar-refractivity contribution in [2.45, 2.75) is 31.0 Å². The van der Waals surface area contributed by atoms with Crippen molar-refractivity contribution in [1.29, 1.82) is 0 Å². The SMILES string of the molecule is O=C(N[C@@H]1CC[C@@H](N2CCOCC2)[C@@H]1O)c1n[nH]c2ccccc12. The predicted molar refractivity (Wildman–Crippen MR) is 88.8 cm³/mol. The summed E-state index contributed by atoms with van der Waals surface area (Å²) < 4.78 is 5.37. The molecule has 2 fully saturated rings. The van der Waals surface area contributed by atoms with E-state index < -0.39 is 6.10 Å². The maximum Gasteiger partial charge on any atom is 0.272 e. The molecule has 1 saturated carbocycles. The summed E-state index contributed by atoms with van der Waals surface area (Å²) in [5.41, 5.74) is 1.22. The van der Waals surface area contributed by atoms with Crippen LogP contribution in [-0.2, 0) is 4.74 Å². The fraction of sp³-hybridized carbons (Fsp3) is 0.529. The van der Waals surface area contributed by atoms with Crippen LogP contribution in [0.15, 0.2) is 24.3 Å². The molecule has 7 nitrogen and oxygen atoms in total. The Morgan fingerprint density at radius 3 is 2.92 bits per heavy atom. The van der Waals surface area contributed by atoms with Gasteiger partial charge in [-0.25, -0.2) is 0 Å². The Morgan fingerprint density at radius 2 is 2.08 bits per heavy atom.